The Labute approximate surface area is 122 Å². The summed E-state index contributed by atoms with van der Waals surface area (Å²) in [5.41, 5.74) is 3.22. The average Bonchev–Trinajstić information content (AvgIpc) is 2.90. The van der Waals surface area contributed by atoms with Crippen LogP contribution < -0.4 is 10.1 Å². The van der Waals surface area contributed by atoms with Crippen LogP contribution in [0.5, 0.6) is 5.75 Å². The minimum absolute atomic E-state index is 0.0731. The molecular formula is C17H27NO2. The predicted octanol–water partition coefficient (Wildman–Crippen LogP) is 3.27. The minimum Gasteiger partial charge on any atom is -0.497 e. The molecule has 0 saturated heterocycles. The fourth-order valence-corrected chi connectivity index (χ4v) is 3.32. The van der Waals surface area contributed by atoms with Gasteiger partial charge in [-0.15, -0.1) is 0 Å². The van der Waals surface area contributed by atoms with Gasteiger partial charge in [0.25, 0.3) is 0 Å². The number of aliphatic hydroxyl groups is 1. The van der Waals surface area contributed by atoms with E-state index in [1.165, 1.54) is 25.7 Å². The molecule has 1 fully saturated rings. The van der Waals surface area contributed by atoms with Crippen LogP contribution in [0.1, 0.15) is 55.4 Å². The smallest absolute Gasteiger partial charge is 0.119 e. The van der Waals surface area contributed by atoms with Gasteiger partial charge in [0, 0.05) is 12.1 Å². The molecule has 112 valence electrons. The molecule has 0 spiro atoms. The Hall–Kier alpha value is -1.06. The lowest BCUT2D eigenvalue weighted by atomic mass is 9.93. The van der Waals surface area contributed by atoms with Crippen molar-refractivity contribution in [1.29, 1.82) is 0 Å². The van der Waals surface area contributed by atoms with E-state index in [0.717, 1.165) is 22.4 Å². The van der Waals surface area contributed by atoms with Crippen LogP contribution in [0, 0.1) is 13.8 Å². The summed E-state index contributed by atoms with van der Waals surface area (Å²) in [6, 6.07) is 4.63. The van der Waals surface area contributed by atoms with E-state index in [-0.39, 0.29) is 6.04 Å². The van der Waals surface area contributed by atoms with Gasteiger partial charge in [0.2, 0.25) is 0 Å². The summed E-state index contributed by atoms with van der Waals surface area (Å²) in [5.74, 6) is 0.854. The quantitative estimate of drug-likeness (QED) is 0.868. The molecule has 0 aliphatic heterocycles. The molecule has 0 radical (unpaired) electrons. The van der Waals surface area contributed by atoms with Crippen molar-refractivity contribution in [3.05, 3.63) is 28.8 Å². The van der Waals surface area contributed by atoms with Crippen LogP contribution in [0.4, 0.5) is 0 Å². The molecule has 2 rings (SSSR count). The number of aryl methyl sites for hydroxylation is 2. The molecular weight excluding hydrogens is 250 g/mol. The molecule has 0 bridgehead atoms. The van der Waals surface area contributed by atoms with E-state index in [1.54, 1.807) is 7.11 Å². The maximum absolute atomic E-state index is 10.7. The van der Waals surface area contributed by atoms with Crippen molar-refractivity contribution in [2.75, 3.05) is 7.11 Å². The number of hydrogen-bond acceptors (Lipinski definition) is 3. The zero-order valence-corrected chi connectivity index (χ0v) is 13.1. The van der Waals surface area contributed by atoms with E-state index in [4.69, 9.17) is 4.74 Å². The van der Waals surface area contributed by atoms with Crippen LogP contribution in [0.25, 0.3) is 0 Å². The topological polar surface area (TPSA) is 41.5 Å². The molecule has 2 atom stereocenters. The number of rotatable bonds is 5. The van der Waals surface area contributed by atoms with Gasteiger partial charge in [-0.1, -0.05) is 12.8 Å². The largest absolute Gasteiger partial charge is 0.497 e. The number of benzene rings is 1. The van der Waals surface area contributed by atoms with E-state index in [1.807, 2.05) is 26.0 Å². The molecule has 0 amide bonds. The standard InChI is InChI=1S/C17H27NO2/c1-11-9-15(20-4)10-12(2)16(11)17(19)13(3)18-14-7-5-6-8-14/h9-10,13-14,17-19H,5-8H2,1-4H3. The third-order valence-corrected chi connectivity index (χ3v) is 4.43. The fourth-order valence-electron chi connectivity index (χ4n) is 3.32. The van der Waals surface area contributed by atoms with Crippen molar-refractivity contribution in [2.45, 2.75) is 64.6 Å². The maximum Gasteiger partial charge on any atom is 0.119 e. The first-order chi connectivity index (χ1) is 9.52. The number of hydrogen-bond donors (Lipinski definition) is 2. The number of nitrogens with one attached hydrogen (secondary N) is 1. The summed E-state index contributed by atoms with van der Waals surface area (Å²) < 4.78 is 5.28. The van der Waals surface area contributed by atoms with Crippen LogP contribution in [0.3, 0.4) is 0 Å². The highest BCUT2D eigenvalue weighted by atomic mass is 16.5. The van der Waals surface area contributed by atoms with Crippen molar-refractivity contribution < 1.29 is 9.84 Å². The molecule has 1 aliphatic rings. The Balaban J connectivity index is 2.13. The number of methoxy groups -OCH3 is 1. The maximum atomic E-state index is 10.7. The molecule has 1 aromatic carbocycles. The molecule has 3 nitrogen and oxygen atoms in total. The summed E-state index contributed by atoms with van der Waals surface area (Å²) in [7, 11) is 1.68. The van der Waals surface area contributed by atoms with E-state index >= 15 is 0 Å². The lowest BCUT2D eigenvalue weighted by Gasteiger charge is -2.27. The highest BCUT2D eigenvalue weighted by Gasteiger charge is 2.24. The lowest BCUT2D eigenvalue weighted by molar-refractivity contribution is 0.128. The van der Waals surface area contributed by atoms with Crippen LogP contribution >= 0.6 is 0 Å². The summed E-state index contributed by atoms with van der Waals surface area (Å²) in [5, 5.41) is 14.3. The van der Waals surface area contributed by atoms with Crippen molar-refractivity contribution in [2.24, 2.45) is 0 Å². The molecule has 0 heterocycles. The Bertz CT molecular complexity index is 429. The van der Waals surface area contributed by atoms with Crippen LogP contribution in [0.15, 0.2) is 12.1 Å². The molecule has 2 N–H and O–H groups in total. The SMILES string of the molecule is COc1cc(C)c(C(O)C(C)NC2CCCC2)c(C)c1. The van der Waals surface area contributed by atoms with Crippen molar-refractivity contribution >= 4 is 0 Å². The Morgan fingerprint density at radius 1 is 1.20 bits per heavy atom. The second kappa shape index (κ2) is 6.59. The number of aliphatic hydroxyl groups excluding tert-OH is 1. The summed E-state index contributed by atoms with van der Waals surface area (Å²) in [4.78, 5) is 0. The molecule has 20 heavy (non-hydrogen) atoms. The van der Waals surface area contributed by atoms with Gasteiger partial charge in [-0.05, 0) is 62.4 Å². The Morgan fingerprint density at radius 3 is 2.25 bits per heavy atom. The van der Waals surface area contributed by atoms with Gasteiger partial charge in [0.05, 0.1) is 13.2 Å². The summed E-state index contributed by atoms with van der Waals surface area (Å²) in [6.45, 7) is 6.15. The minimum atomic E-state index is -0.471. The third-order valence-electron chi connectivity index (χ3n) is 4.43. The highest BCUT2D eigenvalue weighted by molar-refractivity contribution is 5.42. The predicted molar refractivity (Wildman–Crippen MR) is 82.3 cm³/mol. The van der Waals surface area contributed by atoms with Crippen molar-refractivity contribution in [3.8, 4) is 5.75 Å². The van der Waals surface area contributed by atoms with Crippen LogP contribution in [0.2, 0.25) is 0 Å². The van der Waals surface area contributed by atoms with Gasteiger partial charge in [0.15, 0.2) is 0 Å². The third kappa shape index (κ3) is 3.33. The van der Waals surface area contributed by atoms with Gasteiger partial charge in [0.1, 0.15) is 5.75 Å². The van der Waals surface area contributed by atoms with Gasteiger partial charge in [-0.3, -0.25) is 0 Å². The van der Waals surface area contributed by atoms with Crippen LogP contribution in [-0.2, 0) is 0 Å². The molecule has 2 unspecified atom stereocenters. The van der Waals surface area contributed by atoms with E-state index in [9.17, 15) is 5.11 Å². The zero-order chi connectivity index (χ0) is 14.7. The molecule has 1 saturated carbocycles. The second-order valence-electron chi connectivity index (χ2n) is 6.06. The fraction of sp³-hybridized carbons (Fsp3) is 0.647. The van der Waals surface area contributed by atoms with Gasteiger partial charge in [-0.25, -0.2) is 0 Å². The Kier molecular flexibility index (Phi) is 5.06. The first-order valence-electron chi connectivity index (χ1n) is 7.62. The first kappa shape index (κ1) is 15.3. The second-order valence-corrected chi connectivity index (χ2v) is 6.06. The van der Waals surface area contributed by atoms with Gasteiger partial charge < -0.3 is 15.2 Å². The zero-order valence-electron chi connectivity index (χ0n) is 13.1. The van der Waals surface area contributed by atoms with Crippen molar-refractivity contribution in [1.82, 2.24) is 5.32 Å². The average molecular weight is 277 g/mol. The van der Waals surface area contributed by atoms with Crippen molar-refractivity contribution in [3.63, 3.8) is 0 Å². The first-order valence-corrected chi connectivity index (χ1v) is 7.62. The summed E-state index contributed by atoms with van der Waals surface area (Å²) in [6.07, 6.45) is 4.61. The van der Waals surface area contributed by atoms with Crippen LogP contribution in [-0.4, -0.2) is 24.3 Å². The molecule has 3 heteroatoms. The lowest BCUT2D eigenvalue weighted by Crippen LogP contribution is -2.39. The Morgan fingerprint density at radius 2 is 1.75 bits per heavy atom. The molecule has 1 aliphatic carbocycles. The van der Waals surface area contributed by atoms with E-state index in [0.29, 0.717) is 6.04 Å². The normalized spacial score (nSPS) is 19.1. The molecule has 1 aromatic rings. The number of ether oxygens (including phenoxy) is 1. The molecule has 0 aromatic heterocycles. The summed E-state index contributed by atoms with van der Waals surface area (Å²) >= 11 is 0. The van der Waals surface area contributed by atoms with E-state index < -0.39 is 6.10 Å². The van der Waals surface area contributed by atoms with Gasteiger partial charge in [-0.2, -0.15) is 0 Å². The van der Waals surface area contributed by atoms with E-state index in [2.05, 4.69) is 12.2 Å². The highest BCUT2D eigenvalue weighted by Crippen LogP contribution is 2.29. The van der Waals surface area contributed by atoms with Gasteiger partial charge >= 0.3 is 0 Å². The monoisotopic (exact) mass is 277 g/mol.